The Kier molecular flexibility index (Phi) is 3.65. The van der Waals surface area contributed by atoms with Gasteiger partial charge in [0.2, 0.25) is 0 Å². The van der Waals surface area contributed by atoms with Crippen LogP contribution < -0.4 is 20.9 Å². The summed E-state index contributed by atoms with van der Waals surface area (Å²) in [5.74, 6) is 0.0236. The minimum atomic E-state index is -1.00. The maximum absolute atomic E-state index is 11.3. The van der Waals surface area contributed by atoms with Crippen LogP contribution in [0.3, 0.4) is 0 Å². The normalized spacial score (nSPS) is 27.6. The van der Waals surface area contributed by atoms with Gasteiger partial charge in [0.1, 0.15) is 24.0 Å². The summed E-state index contributed by atoms with van der Waals surface area (Å²) in [5, 5.41) is 21.5. The second kappa shape index (κ2) is 5.05. The molecule has 1 aromatic carbocycles. The maximum Gasteiger partial charge on any atom is 0.272 e. The molecular formula is C11H15NO6. The zero-order chi connectivity index (χ0) is 13.3. The van der Waals surface area contributed by atoms with Gasteiger partial charge < -0.3 is 25.0 Å². The molecule has 1 fully saturated rings. The van der Waals surface area contributed by atoms with E-state index in [9.17, 15) is 19.8 Å². The highest BCUT2D eigenvalue weighted by molar-refractivity contribution is 5.61. The molecule has 3 N–H and O–H groups in total. The van der Waals surface area contributed by atoms with E-state index < -0.39 is 29.2 Å². The third-order valence-electron chi connectivity index (χ3n) is 2.89. The molecule has 0 aromatic heterocycles. The second-order valence-electron chi connectivity index (χ2n) is 4.11. The number of aliphatic hydroxyl groups is 2. The highest BCUT2D eigenvalue weighted by Gasteiger charge is 2.35. The molecule has 100 valence electrons. The second-order valence-corrected chi connectivity index (χ2v) is 4.11. The van der Waals surface area contributed by atoms with Crippen LogP contribution in [-0.4, -0.2) is 48.3 Å². The van der Waals surface area contributed by atoms with Crippen LogP contribution in [0.4, 0.5) is 5.69 Å². The Hall–Kier alpha value is -1.44. The predicted molar refractivity (Wildman–Crippen MR) is 62.8 cm³/mol. The molecule has 1 aliphatic rings. The standard InChI is InChI=1S/C11H15NO6/c1-2-17-11-7(9(15)10(11)16)12-3-6-8(14)5(13)4-18-6/h5-6,8,12-14H,2-4H2,1H3. The van der Waals surface area contributed by atoms with Gasteiger partial charge in [0, 0.05) is 6.54 Å². The molecule has 18 heavy (non-hydrogen) atoms. The Morgan fingerprint density at radius 2 is 2.11 bits per heavy atom. The highest BCUT2D eigenvalue weighted by atomic mass is 16.5. The van der Waals surface area contributed by atoms with E-state index in [1.165, 1.54) is 0 Å². The van der Waals surface area contributed by atoms with E-state index in [-0.39, 0.29) is 24.6 Å². The molecule has 1 aromatic rings. The molecule has 1 aliphatic heterocycles. The van der Waals surface area contributed by atoms with E-state index in [1.54, 1.807) is 6.92 Å². The molecule has 0 saturated carbocycles. The lowest BCUT2D eigenvalue weighted by molar-refractivity contribution is 0.0293. The van der Waals surface area contributed by atoms with E-state index in [4.69, 9.17) is 9.47 Å². The average molecular weight is 257 g/mol. The number of aliphatic hydroxyl groups excluding tert-OH is 2. The van der Waals surface area contributed by atoms with E-state index in [0.717, 1.165) is 0 Å². The molecule has 0 bridgehead atoms. The van der Waals surface area contributed by atoms with Crippen LogP contribution in [-0.2, 0) is 4.74 Å². The summed E-state index contributed by atoms with van der Waals surface area (Å²) < 4.78 is 10.2. The lowest BCUT2D eigenvalue weighted by Crippen LogP contribution is -2.40. The van der Waals surface area contributed by atoms with Gasteiger partial charge in [-0.2, -0.15) is 0 Å². The number of hydrogen-bond donors (Lipinski definition) is 3. The molecule has 3 unspecified atom stereocenters. The van der Waals surface area contributed by atoms with Gasteiger partial charge in [-0.15, -0.1) is 0 Å². The maximum atomic E-state index is 11.3. The first-order chi connectivity index (χ1) is 8.56. The molecule has 0 radical (unpaired) electrons. The zero-order valence-electron chi connectivity index (χ0n) is 9.88. The van der Waals surface area contributed by atoms with Crippen molar-refractivity contribution in [3.05, 3.63) is 20.4 Å². The van der Waals surface area contributed by atoms with E-state index >= 15 is 0 Å². The number of ether oxygens (including phenoxy) is 2. The molecule has 0 aliphatic carbocycles. The largest absolute Gasteiger partial charge is 0.488 e. The quantitative estimate of drug-likeness (QED) is 0.535. The summed E-state index contributed by atoms with van der Waals surface area (Å²) in [6.07, 6.45) is -2.53. The van der Waals surface area contributed by atoms with Gasteiger partial charge in [-0.05, 0) is 6.92 Å². The fourth-order valence-electron chi connectivity index (χ4n) is 1.86. The van der Waals surface area contributed by atoms with Gasteiger partial charge in [-0.3, -0.25) is 9.59 Å². The Morgan fingerprint density at radius 1 is 1.39 bits per heavy atom. The van der Waals surface area contributed by atoms with Crippen molar-refractivity contribution in [3.63, 3.8) is 0 Å². The third kappa shape index (κ3) is 2.12. The zero-order valence-corrected chi connectivity index (χ0v) is 9.88. The Morgan fingerprint density at radius 3 is 2.67 bits per heavy atom. The first-order valence-electron chi connectivity index (χ1n) is 5.74. The van der Waals surface area contributed by atoms with Crippen LogP contribution in [0.1, 0.15) is 6.92 Å². The Labute approximate surface area is 103 Å². The monoisotopic (exact) mass is 257 g/mol. The topological polar surface area (TPSA) is 105 Å². The van der Waals surface area contributed by atoms with Crippen LogP contribution >= 0.6 is 0 Å². The SMILES string of the molecule is CCOc1c(NCC2OCC(O)C2O)c(=O)c1=O. The lowest BCUT2D eigenvalue weighted by atomic mass is 10.1. The summed E-state index contributed by atoms with van der Waals surface area (Å²) in [6, 6.07) is 0. The average Bonchev–Trinajstić information content (AvgIpc) is 2.69. The van der Waals surface area contributed by atoms with Crippen molar-refractivity contribution < 1.29 is 19.7 Å². The number of hydrogen-bond acceptors (Lipinski definition) is 7. The van der Waals surface area contributed by atoms with Crippen LogP contribution in [0, 0.1) is 0 Å². The van der Waals surface area contributed by atoms with Crippen molar-refractivity contribution in [2.45, 2.75) is 25.2 Å². The van der Waals surface area contributed by atoms with Gasteiger partial charge in [-0.1, -0.05) is 0 Å². The molecule has 2 rings (SSSR count). The van der Waals surface area contributed by atoms with Crippen LogP contribution in [0.15, 0.2) is 9.59 Å². The summed E-state index contributed by atoms with van der Waals surface area (Å²) in [4.78, 5) is 22.5. The summed E-state index contributed by atoms with van der Waals surface area (Å²) in [7, 11) is 0. The van der Waals surface area contributed by atoms with Gasteiger partial charge >= 0.3 is 0 Å². The molecule has 7 heteroatoms. The molecule has 7 nitrogen and oxygen atoms in total. The highest BCUT2D eigenvalue weighted by Crippen LogP contribution is 2.19. The first kappa shape index (κ1) is 13.0. The van der Waals surface area contributed by atoms with Crippen LogP contribution in [0.25, 0.3) is 0 Å². The lowest BCUT2D eigenvalue weighted by Gasteiger charge is -2.18. The predicted octanol–water partition coefficient (Wildman–Crippen LogP) is -1.79. The Bertz CT molecular complexity index is 492. The van der Waals surface area contributed by atoms with Gasteiger partial charge in [-0.25, -0.2) is 0 Å². The van der Waals surface area contributed by atoms with Crippen molar-refractivity contribution in [1.29, 1.82) is 0 Å². The van der Waals surface area contributed by atoms with Crippen molar-refractivity contribution in [2.24, 2.45) is 0 Å². The third-order valence-corrected chi connectivity index (χ3v) is 2.89. The van der Waals surface area contributed by atoms with Crippen molar-refractivity contribution in [1.82, 2.24) is 0 Å². The van der Waals surface area contributed by atoms with E-state index in [2.05, 4.69) is 5.32 Å². The Balaban J connectivity index is 1.97. The van der Waals surface area contributed by atoms with Crippen LogP contribution in [0.2, 0.25) is 0 Å². The minimum Gasteiger partial charge on any atom is -0.488 e. The minimum absolute atomic E-state index is 0.0236. The van der Waals surface area contributed by atoms with E-state index in [1.807, 2.05) is 0 Å². The summed E-state index contributed by atoms with van der Waals surface area (Å²) in [5.41, 5.74) is -1.17. The van der Waals surface area contributed by atoms with Gasteiger partial charge in [0.25, 0.3) is 10.9 Å². The number of anilines is 1. The molecule has 0 spiro atoms. The first-order valence-corrected chi connectivity index (χ1v) is 5.74. The van der Waals surface area contributed by atoms with Crippen molar-refractivity contribution >= 4 is 5.69 Å². The molecule has 1 heterocycles. The molecule has 0 amide bonds. The fourth-order valence-corrected chi connectivity index (χ4v) is 1.86. The molecular weight excluding hydrogens is 242 g/mol. The fraction of sp³-hybridized carbons (Fsp3) is 0.636. The van der Waals surface area contributed by atoms with Crippen molar-refractivity contribution in [2.75, 3.05) is 25.1 Å². The number of rotatable bonds is 5. The van der Waals surface area contributed by atoms with Gasteiger partial charge in [0.05, 0.1) is 13.2 Å². The van der Waals surface area contributed by atoms with E-state index in [0.29, 0.717) is 6.61 Å². The molecule has 1 saturated heterocycles. The van der Waals surface area contributed by atoms with Crippen molar-refractivity contribution in [3.8, 4) is 5.75 Å². The summed E-state index contributed by atoms with van der Waals surface area (Å²) >= 11 is 0. The van der Waals surface area contributed by atoms with Gasteiger partial charge in [0.15, 0.2) is 5.75 Å². The summed E-state index contributed by atoms with van der Waals surface area (Å²) in [6.45, 7) is 2.18. The molecule has 3 atom stereocenters. The smallest absolute Gasteiger partial charge is 0.272 e. The number of nitrogens with one attached hydrogen (secondary N) is 1. The van der Waals surface area contributed by atoms with Crippen LogP contribution in [0.5, 0.6) is 5.75 Å².